The second-order valence-electron chi connectivity index (χ2n) is 5.39. The van der Waals surface area contributed by atoms with Crippen molar-refractivity contribution in [3.8, 4) is 0 Å². The molecule has 0 radical (unpaired) electrons. The molecule has 2 aliphatic heterocycles. The number of aromatic nitrogens is 1. The predicted molar refractivity (Wildman–Crippen MR) is 89.8 cm³/mol. The molecule has 0 N–H and O–H groups in total. The number of aliphatic imine (C=N–C) groups is 2. The summed E-state index contributed by atoms with van der Waals surface area (Å²) in [4.78, 5) is 27.7. The molecule has 4 rings (SSSR count). The highest BCUT2D eigenvalue weighted by Gasteiger charge is 2.30. The van der Waals surface area contributed by atoms with Crippen molar-refractivity contribution >= 4 is 34.7 Å². The van der Waals surface area contributed by atoms with E-state index in [1.165, 1.54) is 0 Å². The Morgan fingerprint density at radius 2 is 2.22 bits per heavy atom. The fraction of sp³-hybridized carbons (Fsp3) is 0.176. The molecule has 1 aromatic carbocycles. The van der Waals surface area contributed by atoms with Crippen LogP contribution in [0.15, 0.2) is 52.7 Å². The summed E-state index contributed by atoms with van der Waals surface area (Å²) < 4.78 is 0. The lowest BCUT2D eigenvalue weighted by Gasteiger charge is -2.27. The van der Waals surface area contributed by atoms with Gasteiger partial charge in [-0.3, -0.25) is 14.8 Å². The number of Topliss-reactive ketones (excluding diaryl/α,β-unsaturated/α-hetero) is 1. The first-order chi connectivity index (χ1) is 11.2. The smallest absolute Gasteiger partial charge is 0.171 e. The fourth-order valence-electron chi connectivity index (χ4n) is 2.82. The molecule has 3 heterocycles. The van der Waals surface area contributed by atoms with Crippen LogP contribution in [0.5, 0.6) is 0 Å². The van der Waals surface area contributed by atoms with Gasteiger partial charge in [0.2, 0.25) is 0 Å². The molecular formula is C17H13ClN4O. The number of amidine groups is 2. The van der Waals surface area contributed by atoms with E-state index in [0.29, 0.717) is 23.0 Å². The summed E-state index contributed by atoms with van der Waals surface area (Å²) >= 11 is 6.07. The minimum absolute atomic E-state index is 0.00595. The molecule has 0 saturated carbocycles. The predicted octanol–water partition coefficient (Wildman–Crippen LogP) is 3.11. The van der Waals surface area contributed by atoms with Gasteiger partial charge in [0.05, 0.1) is 18.7 Å². The molecule has 0 unspecified atom stereocenters. The van der Waals surface area contributed by atoms with E-state index >= 15 is 0 Å². The van der Waals surface area contributed by atoms with Gasteiger partial charge in [0, 0.05) is 35.1 Å². The average Bonchev–Trinajstić information content (AvgIpc) is 3.05. The van der Waals surface area contributed by atoms with Crippen LogP contribution < -0.4 is 0 Å². The van der Waals surface area contributed by atoms with E-state index in [1.54, 1.807) is 24.5 Å². The van der Waals surface area contributed by atoms with Crippen LogP contribution in [0.4, 0.5) is 5.69 Å². The molecule has 0 fully saturated rings. The molecule has 0 aliphatic carbocycles. The Bertz CT molecular complexity index is 845. The number of benzene rings is 1. The van der Waals surface area contributed by atoms with Crippen molar-refractivity contribution in [3.63, 3.8) is 0 Å². The van der Waals surface area contributed by atoms with Crippen molar-refractivity contribution in [2.24, 2.45) is 9.98 Å². The van der Waals surface area contributed by atoms with Gasteiger partial charge in [-0.1, -0.05) is 11.6 Å². The van der Waals surface area contributed by atoms with Crippen LogP contribution in [-0.4, -0.2) is 40.4 Å². The van der Waals surface area contributed by atoms with Crippen LogP contribution in [0.3, 0.4) is 0 Å². The van der Waals surface area contributed by atoms with Gasteiger partial charge in [-0.25, -0.2) is 4.99 Å². The second-order valence-corrected chi connectivity index (χ2v) is 5.82. The van der Waals surface area contributed by atoms with E-state index in [-0.39, 0.29) is 12.2 Å². The average molecular weight is 325 g/mol. The molecule has 23 heavy (non-hydrogen) atoms. The van der Waals surface area contributed by atoms with Gasteiger partial charge in [0.15, 0.2) is 5.78 Å². The van der Waals surface area contributed by atoms with Crippen molar-refractivity contribution in [1.29, 1.82) is 0 Å². The van der Waals surface area contributed by atoms with E-state index in [1.807, 2.05) is 23.1 Å². The Morgan fingerprint density at radius 1 is 1.30 bits per heavy atom. The zero-order valence-corrected chi connectivity index (χ0v) is 13.0. The quantitative estimate of drug-likeness (QED) is 0.815. The van der Waals surface area contributed by atoms with Gasteiger partial charge >= 0.3 is 0 Å². The third-order valence-corrected chi connectivity index (χ3v) is 4.14. The first-order valence-corrected chi connectivity index (χ1v) is 7.73. The number of hydrogen-bond donors (Lipinski definition) is 0. The number of pyridine rings is 1. The maximum atomic E-state index is 12.5. The summed E-state index contributed by atoms with van der Waals surface area (Å²) in [6.07, 6.45) is 3.45. The first kappa shape index (κ1) is 14.1. The molecule has 2 aliphatic rings. The summed E-state index contributed by atoms with van der Waals surface area (Å²) in [6.45, 7) is 1.45. The summed E-state index contributed by atoms with van der Waals surface area (Å²) in [6, 6.07) is 9.10. The zero-order chi connectivity index (χ0) is 15.8. The van der Waals surface area contributed by atoms with E-state index in [2.05, 4.69) is 15.0 Å². The molecule has 0 atom stereocenters. The van der Waals surface area contributed by atoms with Crippen LogP contribution in [0.2, 0.25) is 5.02 Å². The van der Waals surface area contributed by atoms with E-state index in [0.717, 1.165) is 23.6 Å². The largest absolute Gasteiger partial charge is 0.312 e. The SMILES string of the molecule is O=C(CC1=Nc2cc(Cl)ccc2C2=NCCN12)c1cccnc1. The Hall–Kier alpha value is -2.53. The zero-order valence-electron chi connectivity index (χ0n) is 12.2. The van der Waals surface area contributed by atoms with Gasteiger partial charge in [0.25, 0.3) is 0 Å². The standard InChI is InChI=1S/C17H13ClN4O/c18-12-3-4-13-14(8-12)21-16(22-7-6-20-17(13)22)9-15(23)11-2-1-5-19-10-11/h1-5,8,10H,6-7,9H2. The van der Waals surface area contributed by atoms with Gasteiger partial charge in [-0.2, -0.15) is 0 Å². The molecule has 6 heteroatoms. The Balaban J connectivity index is 1.71. The summed E-state index contributed by atoms with van der Waals surface area (Å²) in [7, 11) is 0. The molecule has 2 aromatic rings. The molecule has 1 aromatic heterocycles. The van der Waals surface area contributed by atoms with E-state index in [9.17, 15) is 4.79 Å². The summed E-state index contributed by atoms with van der Waals surface area (Å²) in [5, 5.41) is 0.623. The third-order valence-electron chi connectivity index (χ3n) is 3.90. The monoisotopic (exact) mass is 324 g/mol. The lowest BCUT2D eigenvalue weighted by molar-refractivity contribution is 0.0998. The lowest BCUT2D eigenvalue weighted by Crippen LogP contribution is -2.38. The number of nitrogens with zero attached hydrogens (tertiary/aromatic N) is 4. The van der Waals surface area contributed by atoms with Crippen LogP contribution in [0, 0.1) is 0 Å². The molecular weight excluding hydrogens is 312 g/mol. The van der Waals surface area contributed by atoms with Gasteiger partial charge in [0.1, 0.15) is 11.7 Å². The highest BCUT2D eigenvalue weighted by molar-refractivity contribution is 6.31. The number of carbonyl (C=O) groups excluding carboxylic acids is 1. The van der Waals surface area contributed by atoms with Crippen molar-refractivity contribution in [2.75, 3.05) is 13.1 Å². The number of hydrogen-bond acceptors (Lipinski definition) is 5. The van der Waals surface area contributed by atoms with Crippen LogP contribution in [0.25, 0.3) is 0 Å². The summed E-state index contributed by atoms with van der Waals surface area (Å²) in [5.74, 6) is 1.58. The molecule has 114 valence electrons. The minimum atomic E-state index is -0.00595. The number of ketones is 1. The maximum Gasteiger partial charge on any atom is 0.171 e. The summed E-state index contributed by atoms with van der Waals surface area (Å²) in [5.41, 5.74) is 2.32. The Labute approximate surface area is 138 Å². The van der Waals surface area contributed by atoms with Crippen LogP contribution >= 0.6 is 11.6 Å². The molecule has 0 amide bonds. The minimum Gasteiger partial charge on any atom is -0.312 e. The topological polar surface area (TPSA) is 57.9 Å². The Kier molecular flexibility index (Phi) is 3.42. The van der Waals surface area contributed by atoms with Crippen LogP contribution in [0.1, 0.15) is 22.3 Å². The normalized spacial score (nSPS) is 15.6. The van der Waals surface area contributed by atoms with Gasteiger partial charge in [-0.15, -0.1) is 0 Å². The van der Waals surface area contributed by atoms with Crippen molar-refractivity contribution in [1.82, 2.24) is 9.88 Å². The number of carbonyl (C=O) groups is 1. The molecule has 0 spiro atoms. The molecule has 0 bridgehead atoms. The maximum absolute atomic E-state index is 12.5. The second kappa shape index (κ2) is 5.59. The van der Waals surface area contributed by atoms with Gasteiger partial charge < -0.3 is 4.90 Å². The first-order valence-electron chi connectivity index (χ1n) is 7.35. The van der Waals surface area contributed by atoms with Gasteiger partial charge in [-0.05, 0) is 30.3 Å². The van der Waals surface area contributed by atoms with Crippen molar-refractivity contribution in [3.05, 3.63) is 58.9 Å². The fourth-order valence-corrected chi connectivity index (χ4v) is 2.99. The number of halogens is 1. The number of fused-ring (bicyclic) bond motifs is 3. The number of rotatable bonds is 3. The molecule has 0 saturated heterocycles. The van der Waals surface area contributed by atoms with E-state index < -0.39 is 0 Å². The van der Waals surface area contributed by atoms with Crippen molar-refractivity contribution in [2.45, 2.75) is 6.42 Å². The Morgan fingerprint density at radius 3 is 3.04 bits per heavy atom. The van der Waals surface area contributed by atoms with Crippen LogP contribution in [-0.2, 0) is 0 Å². The highest BCUT2D eigenvalue weighted by Crippen LogP contribution is 2.32. The third kappa shape index (κ3) is 2.53. The van der Waals surface area contributed by atoms with E-state index in [4.69, 9.17) is 11.6 Å². The highest BCUT2D eigenvalue weighted by atomic mass is 35.5. The lowest BCUT2D eigenvalue weighted by atomic mass is 10.1. The van der Waals surface area contributed by atoms with Crippen molar-refractivity contribution < 1.29 is 4.79 Å². The molecule has 5 nitrogen and oxygen atoms in total.